The van der Waals surface area contributed by atoms with Crippen molar-refractivity contribution in [3.05, 3.63) is 47.1 Å². The number of nitrogens with zero attached hydrogens (tertiary/aromatic N) is 5. The molecule has 0 aromatic carbocycles. The molecular weight excluding hydrogens is 358 g/mol. The lowest BCUT2D eigenvalue weighted by Gasteiger charge is -2.23. The van der Waals surface area contributed by atoms with Crippen LogP contribution in [0.3, 0.4) is 0 Å². The Hall–Kier alpha value is -3.03. The van der Waals surface area contributed by atoms with Crippen LogP contribution in [-0.2, 0) is 6.42 Å². The lowest BCUT2D eigenvalue weighted by Crippen LogP contribution is -2.35. The fourth-order valence-electron chi connectivity index (χ4n) is 3.82. The van der Waals surface area contributed by atoms with Gasteiger partial charge < -0.3 is 13.9 Å². The van der Waals surface area contributed by atoms with Gasteiger partial charge in [0.25, 0.3) is 5.91 Å². The van der Waals surface area contributed by atoms with Gasteiger partial charge in [-0.15, -0.1) is 0 Å². The van der Waals surface area contributed by atoms with E-state index < -0.39 is 0 Å². The third kappa shape index (κ3) is 3.54. The van der Waals surface area contributed by atoms with Crippen molar-refractivity contribution in [1.29, 1.82) is 0 Å². The van der Waals surface area contributed by atoms with E-state index in [9.17, 15) is 4.79 Å². The lowest BCUT2D eigenvalue weighted by molar-refractivity contribution is 0.0688. The highest BCUT2D eigenvalue weighted by Gasteiger charge is 2.31. The van der Waals surface area contributed by atoms with Crippen molar-refractivity contribution in [2.24, 2.45) is 0 Å². The number of carbonyl (C=O) groups excluding carboxylic acids is 1. The zero-order valence-electron chi connectivity index (χ0n) is 16.3. The number of likely N-dealkylation sites (tertiary alicyclic amines) is 1. The molecule has 8 nitrogen and oxygen atoms in total. The van der Waals surface area contributed by atoms with E-state index in [-0.39, 0.29) is 11.9 Å². The molecule has 1 aliphatic rings. The first-order valence-corrected chi connectivity index (χ1v) is 9.51. The zero-order chi connectivity index (χ0) is 19.7. The van der Waals surface area contributed by atoms with E-state index in [4.69, 9.17) is 14.0 Å². The summed E-state index contributed by atoms with van der Waals surface area (Å²) in [6.45, 7) is 6.32. The van der Waals surface area contributed by atoms with Gasteiger partial charge in [-0.25, -0.2) is 4.98 Å². The molecule has 1 atom stereocenters. The minimum atomic E-state index is -0.0846. The van der Waals surface area contributed by atoms with E-state index in [1.807, 2.05) is 25.7 Å². The smallest absolute Gasteiger partial charge is 0.292 e. The van der Waals surface area contributed by atoms with Crippen molar-refractivity contribution in [2.75, 3.05) is 6.54 Å². The normalized spacial score (nSPS) is 16.7. The Morgan fingerprint density at radius 3 is 2.79 bits per heavy atom. The molecule has 146 valence electrons. The van der Waals surface area contributed by atoms with Gasteiger partial charge in [0.15, 0.2) is 0 Å². The summed E-state index contributed by atoms with van der Waals surface area (Å²) in [7, 11) is 0. The van der Waals surface area contributed by atoms with Crippen LogP contribution in [0.1, 0.15) is 52.7 Å². The van der Waals surface area contributed by atoms with E-state index in [0.29, 0.717) is 11.5 Å². The molecule has 1 fully saturated rings. The average Bonchev–Trinajstić information content (AvgIpc) is 3.40. The van der Waals surface area contributed by atoms with E-state index in [1.54, 1.807) is 18.5 Å². The van der Waals surface area contributed by atoms with Crippen LogP contribution in [0.5, 0.6) is 0 Å². The van der Waals surface area contributed by atoms with Gasteiger partial charge in [-0.3, -0.25) is 9.78 Å². The molecule has 4 rings (SSSR count). The molecule has 0 N–H and O–H groups in total. The van der Waals surface area contributed by atoms with Gasteiger partial charge in [-0.05, 0) is 46.5 Å². The van der Waals surface area contributed by atoms with Gasteiger partial charge in [-0.2, -0.15) is 0 Å². The molecule has 0 aliphatic carbocycles. The maximum absolute atomic E-state index is 12.7. The van der Waals surface area contributed by atoms with Crippen LogP contribution in [0.15, 0.2) is 27.5 Å². The predicted octanol–water partition coefficient (Wildman–Crippen LogP) is 3.28. The van der Waals surface area contributed by atoms with Gasteiger partial charge in [0.1, 0.15) is 5.76 Å². The lowest BCUT2D eigenvalue weighted by atomic mass is 10.1. The third-order valence-electron chi connectivity index (χ3n) is 5.18. The first kappa shape index (κ1) is 18.3. The Labute approximate surface area is 162 Å². The molecule has 3 aromatic heterocycles. The molecule has 0 spiro atoms. The van der Waals surface area contributed by atoms with Gasteiger partial charge in [0.2, 0.25) is 5.76 Å². The van der Waals surface area contributed by atoms with Gasteiger partial charge in [0, 0.05) is 24.8 Å². The highest BCUT2D eigenvalue weighted by Crippen LogP contribution is 2.26. The molecule has 3 aromatic rings. The minimum absolute atomic E-state index is 0.0846. The van der Waals surface area contributed by atoms with Crippen LogP contribution in [0.4, 0.5) is 0 Å². The Kier molecular flexibility index (Phi) is 4.93. The molecule has 1 aliphatic heterocycles. The Morgan fingerprint density at radius 1 is 1.21 bits per heavy atom. The van der Waals surface area contributed by atoms with Gasteiger partial charge in [-0.1, -0.05) is 10.3 Å². The number of amides is 1. The van der Waals surface area contributed by atoms with E-state index in [2.05, 4.69) is 15.3 Å². The molecule has 8 heteroatoms. The van der Waals surface area contributed by atoms with Crippen LogP contribution in [0, 0.1) is 20.8 Å². The molecule has 28 heavy (non-hydrogen) atoms. The largest absolute Gasteiger partial charge is 0.361 e. The second-order valence-corrected chi connectivity index (χ2v) is 7.26. The van der Waals surface area contributed by atoms with Crippen molar-refractivity contribution in [1.82, 2.24) is 25.2 Å². The SMILES string of the molecule is Cc1cc(C(=O)N2CCC[C@@H]2CCc2cncc(-c3c(C)noc3C)n2)on1. The standard InChI is InChI=1S/C20H23N5O3/c1-12-9-18(28-23-12)20(26)25-8-4-5-16(25)7-6-15-10-21-11-17(22-15)19-13(2)24-27-14(19)3/h9-11,16H,4-8H2,1-3H3/t16-/m1/s1. The van der Waals surface area contributed by atoms with Crippen LogP contribution < -0.4 is 0 Å². The van der Waals surface area contributed by atoms with Crippen molar-refractivity contribution < 1.29 is 13.8 Å². The molecule has 1 amide bonds. The second-order valence-electron chi connectivity index (χ2n) is 7.26. The quantitative estimate of drug-likeness (QED) is 0.669. The van der Waals surface area contributed by atoms with Crippen molar-refractivity contribution in [3.63, 3.8) is 0 Å². The molecule has 4 heterocycles. The first-order chi connectivity index (χ1) is 13.5. The molecule has 1 saturated heterocycles. The number of carbonyl (C=O) groups is 1. The molecule has 0 saturated carbocycles. The fraction of sp³-hybridized carbons (Fsp3) is 0.450. The number of aromatic nitrogens is 4. The van der Waals surface area contributed by atoms with E-state index in [0.717, 1.165) is 60.6 Å². The summed E-state index contributed by atoms with van der Waals surface area (Å²) < 4.78 is 10.4. The molecule has 0 unspecified atom stereocenters. The highest BCUT2D eigenvalue weighted by atomic mass is 16.5. The second kappa shape index (κ2) is 7.53. The van der Waals surface area contributed by atoms with Crippen molar-refractivity contribution in [2.45, 2.75) is 52.5 Å². The summed E-state index contributed by atoms with van der Waals surface area (Å²) in [4.78, 5) is 23.7. The fourth-order valence-corrected chi connectivity index (χ4v) is 3.82. The Balaban J connectivity index is 1.45. The van der Waals surface area contributed by atoms with Crippen LogP contribution in [0.25, 0.3) is 11.3 Å². The summed E-state index contributed by atoms with van der Waals surface area (Å²) in [6, 6.07) is 1.86. The van der Waals surface area contributed by atoms with Gasteiger partial charge >= 0.3 is 0 Å². The number of rotatable bonds is 5. The van der Waals surface area contributed by atoms with Gasteiger partial charge in [0.05, 0.1) is 34.5 Å². The first-order valence-electron chi connectivity index (χ1n) is 9.51. The monoisotopic (exact) mass is 381 g/mol. The Bertz CT molecular complexity index is 974. The molecule has 0 bridgehead atoms. The average molecular weight is 381 g/mol. The summed E-state index contributed by atoms with van der Waals surface area (Å²) in [5.41, 5.74) is 4.08. The highest BCUT2D eigenvalue weighted by molar-refractivity contribution is 5.91. The zero-order valence-corrected chi connectivity index (χ0v) is 16.3. The maximum atomic E-state index is 12.7. The summed E-state index contributed by atoms with van der Waals surface area (Å²) in [6.07, 6.45) is 7.06. The Morgan fingerprint density at radius 2 is 2.07 bits per heavy atom. The topological polar surface area (TPSA) is 98.2 Å². The maximum Gasteiger partial charge on any atom is 0.292 e. The van der Waals surface area contributed by atoms with Crippen molar-refractivity contribution >= 4 is 5.91 Å². The number of hydrogen-bond acceptors (Lipinski definition) is 7. The number of aryl methyl sites for hydroxylation is 4. The van der Waals surface area contributed by atoms with E-state index in [1.165, 1.54) is 0 Å². The predicted molar refractivity (Wildman–Crippen MR) is 101 cm³/mol. The summed E-state index contributed by atoms with van der Waals surface area (Å²) in [5.74, 6) is 0.960. The molecule has 0 radical (unpaired) electrons. The summed E-state index contributed by atoms with van der Waals surface area (Å²) >= 11 is 0. The van der Waals surface area contributed by atoms with Crippen molar-refractivity contribution in [3.8, 4) is 11.3 Å². The van der Waals surface area contributed by atoms with Crippen LogP contribution in [-0.4, -0.2) is 43.7 Å². The minimum Gasteiger partial charge on any atom is -0.361 e. The van der Waals surface area contributed by atoms with Crippen LogP contribution >= 0.6 is 0 Å². The third-order valence-corrected chi connectivity index (χ3v) is 5.18. The van der Waals surface area contributed by atoms with Crippen LogP contribution in [0.2, 0.25) is 0 Å². The summed E-state index contributed by atoms with van der Waals surface area (Å²) in [5, 5.41) is 7.81. The molecular formula is C20H23N5O3. The van der Waals surface area contributed by atoms with E-state index >= 15 is 0 Å². The number of hydrogen-bond donors (Lipinski definition) is 0.